The molecule has 0 saturated carbocycles. The normalized spacial score (nSPS) is 10.8. The molecule has 2 aromatic rings. The van der Waals surface area contributed by atoms with E-state index in [0.717, 1.165) is 55.5 Å². The molecule has 2 N–H and O–H groups in total. The quantitative estimate of drug-likeness (QED) is 0.388. The minimum atomic E-state index is 0.0331. The van der Waals surface area contributed by atoms with Crippen molar-refractivity contribution in [2.75, 3.05) is 24.2 Å². The maximum Gasteiger partial charge on any atom is 0.230 e. The summed E-state index contributed by atoms with van der Waals surface area (Å²) >= 11 is 1.38. The van der Waals surface area contributed by atoms with Gasteiger partial charge in [0.15, 0.2) is 5.16 Å². The summed E-state index contributed by atoms with van der Waals surface area (Å²) in [5.74, 6) is 1.23. The number of hydrogen-bond donors (Lipinski definition) is 2. The lowest BCUT2D eigenvalue weighted by Gasteiger charge is -2.10. The van der Waals surface area contributed by atoms with Crippen molar-refractivity contribution in [2.24, 2.45) is 0 Å². The lowest BCUT2D eigenvalue weighted by atomic mass is 10.2. The van der Waals surface area contributed by atoms with E-state index in [0.29, 0.717) is 10.9 Å². The number of nitrogens with zero attached hydrogens (tertiary/aromatic N) is 2. The fourth-order valence-electron chi connectivity index (χ4n) is 2.22. The molecule has 0 saturated heterocycles. The van der Waals surface area contributed by atoms with E-state index >= 15 is 0 Å². The van der Waals surface area contributed by atoms with Crippen LogP contribution in [0.4, 0.5) is 5.82 Å². The molecule has 0 atom stereocenters. The van der Waals surface area contributed by atoms with Gasteiger partial charge in [-0.3, -0.25) is 4.79 Å². The van der Waals surface area contributed by atoms with Crippen LogP contribution in [0.15, 0.2) is 29.4 Å². The number of fused-ring (bicyclic) bond motifs is 1. The first kappa shape index (κ1) is 18.5. The third-order valence-electron chi connectivity index (χ3n) is 3.59. The van der Waals surface area contributed by atoms with Crippen LogP contribution >= 0.6 is 11.8 Å². The summed E-state index contributed by atoms with van der Waals surface area (Å²) in [6.45, 7) is 5.90. The highest BCUT2D eigenvalue weighted by Crippen LogP contribution is 2.24. The van der Waals surface area contributed by atoms with Crippen LogP contribution in [-0.4, -0.2) is 34.7 Å². The van der Waals surface area contributed by atoms with E-state index in [1.165, 1.54) is 11.8 Å². The van der Waals surface area contributed by atoms with Gasteiger partial charge in [0.2, 0.25) is 5.91 Å². The topological polar surface area (TPSA) is 66.9 Å². The molecule has 0 aliphatic heterocycles. The molecule has 1 aromatic heterocycles. The van der Waals surface area contributed by atoms with Crippen LogP contribution in [-0.2, 0) is 4.79 Å². The second-order valence-corrected chi connectivity index (χ2v) is 6.59. The number of carbonyl (C=O) groups excluding carboxylic acids is 1. The Balaban J connectivity index is 2.05. The summed E-state index contributed by atoms with van der Waals surface area (Å²) in [6, 6.07) is 7.96. The highest BCUT2D eigenvalue weighted by Gasteiger charge is 2.09. The number of carbonyl (C=O) groups is 1. The minimum absolute atomic E-state index is 0.0331. The first-order valence-corrected chi connectivity index (χ1v) is 9.63. The van der Waals surface area contributed by atoms with Gasteiger partial charge in [-0.15, -0.1) is 0 Å². The minimum Gasteiger partial charge on any atom is -0.369 e. The zero-order valence-electron chi connectivity index (χ0n) is 14.5. The second-order valence-electron chi connectivity index (χ2n) is 5.64. The summed E-state index contributed by atoms with van der Waals surface area (Å²) in [4.78, 5) is 21.0. The molecule has 1 aromatic carbocycles. The van der Waals surface area contributed by atoms with Gasteiger partial charge in [-0.05, 0) is 25.0 Å². The predicted octanol–water partition coefficient (Wildman–Crippen LogP) is 3.85. The molecule has 0 aliphatic carbocycles. The molecule has 6 heteroatoms. The van der Waals surface area contributed by atoms with Crippen molar-refractivity contribution in [3.63, 3.8) is 0 Å². The SMILES string of the molecule is CCCCNC(=O)CSc1nc(NCCCC)c2ccccc2n1. The maximum atomic E-state index is 11.8. The molecule has 5 nitrogen and oxygen atoms in total. The predicted molar refractivity (Wildman–Crippen MR) is 102 cm³/mol. The second kappa shape index (κ2) is 10.1. The number of amides is 1. The zero-order chi connectivity index (χ0) is 17.2. The van der Waals surface area contributed by atoms with E-state index in [1.54, 1.807) is 0 Å². The van der Waals surface area contributed by atoms with Crippen molar-refractivity contribution in [1.29, 1.82) is 0 Å². The third-order valence-corrected chi connectivity index (χ3v) is 4.44. The Morgan fingerprint density at radius 3 is 2.62 bits per heavy atom. The van der Waals surface area contributed by atoms with Crippen molar-refractivity contribution in [3.05, 3.63) is 24.3 Å². The van der Waals surface area contributed by atoms with E-state index in [2.05, 4.69) is 34.4 Å². The van der Waals surface area contributed by atoms with E-state index in [1.807, 2.05) is 24.3 Å². The van der Waals surface area contributed by atoms with E-state index < -0.39 is 0 Å². The van der Waals surface area contributed by atoms with E-state index in [-0.39, 0.29) is 5.91 Å². The fourth-order valence-corrected chi connectivity index (χ4v) is 2.90. The molecule has 0 spiro atoms. The first-order valence-electron chi connectivity index (χ1n) is 8.64. The standard InChI is InChI=1S/C18H26N4OS/c1-3-5-11-19-16(23)13-24-18-21-15-10-8-7-9-14(15)17(22-18)20-12-6-4-2/h7-10H,3-6,11-13H2,1-2H3,(H,19,23)(H,20,21,22). The number of unbranched alkanes of at least 4 members (excludes halogenated alkanes) is 2. The molecular formula is C18H26N4OS. The van der Waals surface area contributed by atoms with Gasteiger partial charge in [0.25, 0.3) is 0 Å². The van der Waals surface area contributed by atoms with Crippen molar-refractivity contribution >= 4 is 34.4 Å². The molecule has 0 radical (unpaired) electrons. The van der Waals surface area contributed by atoms with Gasteiger partial charge < -0.3 is 10.6 Å². The molecule has 0 bridgehead atoms. The van der Waals surface area contributed by atoms with Crippen molar-refractivity contribution in [2.45, 2.75) is 44.7 Å². The number of aromatic nitrogens is 2. The average molecular weight is 346 g/mol. The Hall–Kier alpha value is -1.82. The zero-order valence-corrected chi connectivity index (χ0v) is 15.3. The number of rotatable bonds is 10. The van der Waals surface area contributed by atoms with Gasteiger partial charge in [0.05, 0.1) is 11.3 Å². The molecule has 0 aliphatic rings. The summed E-state index contributed by atoms with van der Waals surface area (Å²) in [5, 5.41) is 7.97. The van der Waals surface area contributed by atoms with Crippen molar-refractivity contribution in [1.82, 2.24) is 15.3 Å². The summed E-state index contributed by atoms with van der Waals surface area (Å²) in [7, 11) is 0. The average Bonchev–Trinajstić information content (AvgIpc) is 2.60. The Bertz CT molecular complexity index is 663. The van der Waals surface area contributed by atoms with E-state index in [9.17, 15) is 4.79 Å². The van der Waals surface area contributed by atoms with Crippen molar-refractivity contribution < 1.29 is 4.79 Å². The smallest absolute Gasteiger partial charge is 0.230 e. The van der Waals surface area contributed by atoms with Gasteiger partial charge in [0.1, 0.15) is 5.82 Å². The van der Waals surface area contributed by atoms with Crippen LogP contribution in [0.3, 0.4) is 0 Å². The molecule has 130 valence electrons. The molecular weight excluding hydrogens is 320 g/mol. The Morgan fingerprint density at radius 1 is 1.08 bits per heavy atom. The van der Waals surface area contributed by atoms with Gasteiger partial charge in [-0.2, -0.15) is 0 Å². The summed E-state index contributed by atoms with van der Waals surface area (Å²) < 4.78 is 0. The van der Waals surface area contributed by atoms with Crippen LogP contribution in [0.25, 0.3) is 10.9 Å². The van der Waals surface area contributed by atoms with Gasteiger partial charge in [-0.1, -0.05) is 50.6 Å². The van der Waals surface area contributed by atoms with Crippen molar-refractivity contribution in [3.8, 4) is 0 Å². The molecule has 0 fully saturated rings. The summed E-state index contributed by atoms with van der Waals surface area (Å²) in [6.07, 6.45) is 4.32. The lowest BCUT2D eigenvalue weighted by Crippen LogP contribution is -2.26. The number of anilines is 1. The number of benzene rings is 1. The van der Waals surface area contributed by atoms with Gasteiger partial charge in [0, 0.05) is 18.5 Å². The van der Waals surface area contributed by atoms with E-state index in [4.69, 9.17) is 0 Å². The third kappa shape index (κ3) is 5.67. The maximum absolute atomic E-state index is 11.8. The number of para-hydroxylation sites is 1. The lowest BCUT2D eigenvalue weighted by molar-refractivity contribution is -0.118. The number of thioether (sulfide) groups is 1. The monoisotopic (exact) mass is 346 g/mol. The van der Waals surface area contributed by atoms with Crippen LogP contribution in [0, 0.1) is 0 Å². The number of hydrogen-bond acceptors (Lipinski definition) is 5. The summed E-state index contributed by atoms with van der Waals surface area (Å²) in [5.41, 5.74) is 0.903. The van der Waals surface area contributed by atoms with Crippen LogP contribution in [0.5, 0.6) is 0 Å². The fraction of sp³-hybridized carbons (Fsp3) is 0.500. The first-order chi connectivity index (χ1) is 11.7. The molecule has 2 rings (SSSR count). The Morgan fingerprint density at radius 2 is 1.83 bits per heavy atom. The molecule has 1 heterocycles. The number of nitrogens with one attached hydrogen (secondary N) is 2. The Kier molecular flexibility index (Phi) is 7.82. The van der Waals surface area contributed by atoms with Crippen LogP contribution in [0.2, 0.25) is 0 Å². The van der Waals surface area contributed by atoms with Crippen LogP contribution in [0.1, 0.15) is 39.5 Å². The molecule has 24 heavy (non-hydrogen) atoms. The van der Waals surface area contributed by atoms with Gasteiger partial charge >= 0.3 is 0 Å². The molecule has 0 unspecified atom stereocenters. The van der Waals surface area contributed by atoms with Gasteiger partial charge in [-0.25, -0.2) is 9.97 Å². The highest BCUT2D eigenvalue weighted by atomic mass is 32.2. The molecule has 1 amide bonds. The largest absolute Gasteiger partial charge is 0.369 e. The highest BCUT2D eigenvalue weighted by molar-refractivity contribution is 7.99. The Labute approximate surface area is 148 Å². The van der Waals surface area contributed by atoms with Crippen LogP contribution < -0.4 is 10.6 Å².